The minimum absolute atomic E-state index is 0.104. The van der Waals surface area contributed by atoms with E-state index in [2.05, 4.69) is 0 Å². The molecule has 1 aliphatic rings. The number of thiocarbonyl (C=S) groups is 1. The number of carbonyl (C=O) groups excluding carboxylic acids is 1. The normalized spacial score (nSPS) is 16.4. The summed E-state index contributed by atoms with van der Waals surface area (Å²) in [5, 5.41) is 0. The van der Waals surface area contributed by atoms with Crippen LogP contribution in [0.15, 0.2) is 36.4 Å². The first-order valence-electron chi connectivity index (χ1n) is 4.96. The van der Waals surface area contributed by atoms with Crippen LogP contribution in [0.4, 0.5) is 0 Å². The summed E-state index contributed by atoms with van der Waals surface area (Å²) in [6.07, 6.45) is 3.96. The van der Waals surface area contributed by atoms with E-state index in [1.54, 1.807) is 4.90 Å². The highest BCUT2D eigenvalue weighted by atomic mass is 32.2. The van der Waals surface area contributed by atoms with Crippen molar-refractivity contribution < 1.29 is 4.79 Å². The molecule has 2 rings (SSSR count). The van der Waals surface area contributed by atoms with Crippen molar-refractivity contribution in [2.24, 2.45) is 0 Å². The lowest BCUT2D eigenvalue weighted by atomic mass is 10.2. The van der Waals surface area contributed by atoms with Gasteiger partial charge in [0.2, 0.25) is 5.91 Å². The third kappa shape index (κ3) is 2.71. The molecule has 0 unspecified atom stereocenters. The Balaban J connectivity index is 1.95. The molecule has 0 radical (unpaired) electrons. The molecule has 1 heterocycles. The molecule has 1 fully saturated rings. The fourth-order valence-electron chi connectivity index (χ4n) is 1.42. The van der Waals surface area contributed by atoms with Crippen LogP contribution in [-0.2, 0) is 4.79 Å². The summed E-state index contributed by atoms with van der Waals surface area (Å²) in [4.78, 5) is 13.0. The van der Waals surface area contributed by atoms with E-state index < -0.39 is 0 Å². The number of carbonyl (C=O) groups is 1. The van der Waals surface area contributed by atoms with Gasteiger partial charge in [-0.1, -0.05) is 66.5 Å². The predicted molar refractivity (Wildman–Crippen MR) is 72.2 cm³/mol. The molecular weight excluding hydrogens is 238 g/mol. The SMILES string of the molecule is O=C1CSC(=S)N1C/C=C/c1ccccc1. The van der Waals surface area contributed by atoms with Gasteiger partial charge in [0.25, 0.3) is 0 Å². The Hall–Kier alpha value is -1.13. The van der Waals surface area contributed by atoms with Crippen molar-refractivity contribution in [3.8, 4) is 0 Å². The van der Waals surface area contributed by atoms with E-state index in [4.69, 9.17) is 12.2 Å². The number of hydrogen-bond donors (Lipinski definition) is 0. The van der Waals surface area contributed by atoms with E-state index in [1.165, 1.54) is 11.8 Å². The van der Waals surface area contributed by atoms with Crippen LogP contribution in [0.5, 0.6) is 0 Å². The summed E-state index contributed by atoms with van der Waals surface area (Å²) in [5.41, 5.74) is 1.13. The minimum atomic E-state index is 0.104. The Bertz CT molecular complexity index is 412. The molecule has 0 spiro atoms. The molecule has 4 heteroatoms. The molecule has 0 aromatic heterocycles. The van der Waals surface area contributed by atoms with E-state index in [9.17, 15) is 4.79 Å². The summed E-state index contributed by atoms with van der Waals surface area (Å²) in [6, 6.07) is 10.0. The van der Waals surface area contributed by atoms with Crippen molar-refractivity contribution in [2.45, 2.75) is 0 Å². The number of nitrogens with zero attached hydrogens (tertiary/aromatic N) is 1. The van der Waals surface area contributed by atoms with Gasteiger partial charge in [-0.15, -0.1) is 0 Å². The maximum absolute atomic E-state index is 11.4. The van der Waals surface area contributed by atoms with Crippen LogP contribution in [0.1, 0.15) is 5.56 Å². The predicted octanol–water partition coefficient (Wildman–Crippen LogP) is 2.56. The Kier molecular flexibility index (Phi) is 3.74. The van der Waals surface area contributed by atoms with Crippen molar-refractivity contribution in [3.05, 3.63) is 42.0 Å². The van der Waals surface area contributed by atoms with E-state index >= 15 is 0 Å². The van der Waals surface area contributed by atoms with Crippen molar-refractivity contribution in [1.82, 2.24) is 4.90 Å². The number of benzene rings is 1. The molecule has 16 heavy (non-hydrogen) atoms. The van der Waals surface area contributed by atoms with Crippen molar-refractivity contribution >= 4 is 40.3 Å². The lowest BCUT2D eigenvalue weighted by molar-refractivity contribution is -0.123. The molecule has 1 saturated heterocycles. The van der Waals surface area contributed by atoms with Crippen LogP contribution >= 0.6 is 24.0 Å². The van der Waals surface area contributed by atoms with Gasteiger partial charge in [0.05, 0.1) is 5.75 Å². The highest BCUT2D eigenvalue weighted by molar-refractivity contribution is 8.23. The number of thioether (sulfide) groups is 1. The standard InChI is InChI=1S/C12H11NOS2/c14-11-9-16-12(15)13(11)8-4-7-10-5-2-1-3-6-10/h1-7H,8-9H2/b7-4+. The molecule has 82 valence electrons. The van der Waals surface area contributed by atoms with E-state index in [-0.39, 0.29) is 5.91 Å². The van der Waals surface area contributed by atoms with Gasteiger partial charge < -0.3 is 0 Å². The van der Waals surface area contributed by atoms with E-state index in [0.29, 0.717) is 16.6 Å². The summed E-state index contributed by atoms with van der Waals surface area (Å²) >= 11 is 6.52. The van der Waals surface area contributed by atoms with Gasteiger partial charge in [-0.05, 0) is 5.56 Å². The zero-order valence-corrected chi connectivity index (χ0v) is 10.3. The molecule has 0 bridgehead atoms. The molecule has 1 aliphatic heterocycles. The molecule has 1 amide bonds. The van der Waals surface area contributed by atoms with Crippen LogP contribution in [0.2, 0.25) is 0 Å². The third-order valence-electron chi connectivity index (χ3n) is 2.24. The van der Waals surface area contributed by atoms with Gasteiger partial charge in [0, 0.05) is 6.54 Å². The fraction of sp³-hybridized carbons (Fsp3) is 0.167. The zero-order chi connectivity index (χ0) is 11.4. The zero-order valence-electron chi connectivity index (χ0n) is 8.63. The van der Waals surface area contributed by atoms with Gasteiger partial charge in [-0.3, -0.25) is 9.69 Å². The second kappa shape index (κ2) is 5.27. The molecule has 0 atom stereocenters. The number of amides is 1. The second-order valence-corrected chi connectivity index (χ2v) is 4.98. The van der Waals surface area contributed by atoms with Crippen LogP contribution in [0.3, 0.4) is 0 Å². The molecular formula is C12H11NOS2. The van der Waals surface area contributed by atoms with Crippen molar-refractivity contribution in [1.29, 1.82) is 0 Å². The lowest BCUT2D eigenvalue weighted by Gasteiger charge is -2.11. The van der Waals surface area contributed by atoms with Gasteiger partial charge in [-0.2, -0.15) is 0 Å². The number of hydrogen-bond acceptors (Lipinski definition) is 3. The van der Waals surface area contributed by atoms with Crippen LogP contribution < -0.4 is 0 Å². The van der Waals surface area contributed by atoms with Crippen LogP contribution in [0.25, 0.3) is 6.08 Å². The minimum Gasteiger partial charge on any atom is -0.293 e. The Morgan fingerprint density at radius 3 is 2.75 bits per heavy atom. The first-order chi connectivity index (χ1) is 7.77. The highest BCUT2D eigenvalue weighted by Gasteiger charge is 2.24. The van der Waals surface area contributed by atoms with Crippen molar-refractivity contribution in [3.63, 3.8) is 0 Å². The average molecular weight is 249 g/mol. The quantitative estimate of drug-likeness (QED) is 0.768. The van der Waals surface area contributed by atoms with Crippen molar-refractivity contribution in [2.75, 3.05) is 12.3 Å². The van der Waals surface area contributed by atoms with Gasteiger partial charge in [0.1, 0.15) is 4.32 Å². The summed E-state index contributed by atoms with van der Waals surface area (Å²) < 4.78 is 0.683. The van der Waals surface area contributed by atoms with Gasteiger partial charge in [0.15, 0.2) is 0 Å². The first kappa shape index (κ1) is 11.4. The molecule has 1 aromatic rings. The summed E-state index contributed by atoms with van der Waals surface area (Å²) in [6.45, 7) is 0.569. The van der Waals surface area contributed by atoms with Crippen LogP contribution in [0, 0.1) is 0 Å². The second-order valence-electron chi connectivity index (χ2n) is 3.37. The molecule has 0 aliphatic carbocycles. The molecule has 2 nitrogen and oxygen atoms in total. The maximum Gasteiger partial charge on any atom is 0.238 e. The van der Waals surface area contributed by atoms with Gasteiger partial charge in [-0.25, -0.2) is 0 Å². The monoisotopic (exact) mass is 249 g/mol. The average Bonchev–Trinajstić information content (AvgIpc) is 2.62. The smallest absolute Gasteiger partial charge is 0.238 e. The van der Waals surface area contributed by atoms with Crippen LogP contribution in [-0.4, -0.2) is 27.4 Å². The third-order valence-corrected chi connectivity index (χ3v) is 3.67. The summed E-state index contributed by atoms with van der Waals surface area (Å²) in [5.74, 6) is 0.588. The Morgan fingerprint density at radius 1 is 1.38 bits per heavy atom. The Morgan fingerprint density at radius 2 is 2.12 bits per heavy atom. The maximum atomic E-state index is 11.4. The highest BCUT2D eigenvalue weighted by Crippen LogP contribution is 2.18. The van der Waals surface area contributed by atoms with E-state index in [1.807, 2.05) is 42.5 Å². The first-order valence-corrected chi connectivity index (χ1v) is 6.35. The Labute approximate surface area is 104 Å². The summed E-state index contributed by atoms with van der Waals surface area (Å²) in [7, 11) is 0. The largest absolute Gasteiger partial charge is 0.293 e. The van der Waals surface area contributed by atoms with Gasteiger partial charge >= 0.3 is 0 Å². The lowest BCUT2D eigenvalue weighted by Crippen LogP contribution is -2.28. The molecule has 0 N–H and O–H groups in total. The fourth-order valence-corrected chi connectivity index (χ4v) is 2.50. The molecule has 1 aromatic carbocycles. The topological polar surface area (TPSA) is 20.3 Å². The molecule has 0 saturated carbocycles. The van der Waals surface area contributed by atoms with E-state index in [0.717, 1.165) is 5.56 Å². The number of rotatable bonds is 3.